The summed E-state index contributed by atoms with van der Waals surface area (Å²) in [6.07, 6.45) is 1.51. The van der Waals surface area contributed by atoms with Crippen LogP contribution < -0.4 is 0 Å². The third-order valence-electron chi connectivity index (χ3n) is 1.57. The van der Waals surface area contributed by atoms with Gasteiger partial charge in [0, 0.05) is 6.20 Å². The molecule has 0 atom stereocenters. The number of hydrogen-bond donors (Lipinski definition) is 1. The quantitative estimate of drug-likeness (QED) is 0.728. The van der Waals surface area contributed by atoms with Crippen LogP contribution in [0.2, 0.25) is 0 Å². The molecule has 60 valence electrons. The third kappa shape index (κ3) is 0.967. The van der Waals surface area contributed by atoms with Crippen molar-refractivity contribution < 1.29 is 9.90 Å². The van der Waals surface area contributed by atoms with Crippen LogP contribution in [0.3, 0.4) is 0 Å². The number of hydrogen-bond acceptors (Lipinski definition) is 3. The van der Waals surface area contributed by atoms with E-state index in [-0.39, 0.29) is 0 Å². The fourth-order valence-corrected chi connectivity index (χ4v) is 1.90. The fraction of sp³-hybridized carbons (Fsp3) is 0. The van der Waals surface area contributed by atoms with Crippen molar-refractivity contribution in [1.29, 1.82) is 0 Å². The largest absolute Gasteiger partial charge is 0.478 e. The van der Waals surface area contributed by atoms with Gasteiger partial charge in [-0.1, -0.05) is 0 Å². The molecule has 4 heteroatoms. The highest BCUT2D eigenvalue weighted by Gasteiger charge is 2.08. The van der Waals surface area contributed by atoms with Crippen LogP contribution in [0.15, 0.2) is 23.7 Å². The van der Waals surface area contributed by atoms with Crippen LogP contribution in [0.4, 0.5) is 0 Å². The van der Waals surface area contributed by atoms with E-state index in [1.165, 1.54) is 23.6 Å². The Kier molecular flexibility index (Phi) is 1.55. The highest BCUT2D eigenvalue weighted by atomic mass is 32.1. The molecular weight excluding hydrogens is 174 g/mol. The van der Waals surface area contributed by atoms with E-state index in [4.69, 9.17) is 5.11 Å². The van der Waals surface area contributed by atoms with E-state index in [1.807, 2.05) is 11.4 Å². The molecule has 0 bridgehead atoms. The van der Waals surface area contributed by atoms with Gasteiger partial charge in [-0.15, -0.1) is 11.3 Å². The lowest BCUT2D eigenvalue weighted by Crippen LogP contribution is -1.95. The number of aromatic nitrogens is 1. The predicted octanol–water partition coefficient (Wildman–Crippen LogP) is 1.99. The summed E-state index contributed by atoms with van der Waals surface area (Å²) in [5.74, 6) is -0.898. The highest BCUT2D eigenvalue weighted by Crippen LogP contribution is 2.22. The maximum Gasteiger partial charge on any atom is 0.337 e. The summed E-state index contributed by atoms with van der Waals surface area (Å²) in [6.45, 7) is 0. The Bertz CT molecular complexity index is 435. The molecule has 1 N–H and O–H groups in total. The molecule has 2 heterocycles. The molecule has 2 aromatic rings. The number of thiophene rings is 1. The zero-order chi connectivity index (χ0) is 8.55. The van der Waals surface area contributed by atoms with Gasteiger partial charge in [0.1, 0.15) is 0 Å². The Hall–Kier alpha value is -1.42. The van der Waals surface area contributed by atoms with E-state index in [0.717, 1.165) is 10.2 Å². The number of carboxylic acid groups (broad SMARTS) is 1. The minimum atomic E-state index is -0.898. The topological polar surface area (TPSA) is 50.2 Å². The molecule has 12 heavy (non-hydrogen) atoms. The smallest absolute Gasteiger partial charge is 0.337 e. The van der Waals surface area contributed by atoms with Crippen LogP contribution in [-0.2, 0) is 0 Å². The molecule has 0 aliphatic heterocycles. The molecule has 0 amide bonds. The molecule has 2 aromatic heterocycles. The number of carbonyl (C=O) groups is 1. The van der Waals surface area contributed by atoms with Crippen LogP contribution in [0.1, 0.15) is 10.4 Å². The summed E-state index contributed by atoms with van der Waals surface area (Å²) in [6, 6.07) is 3.33. The molecule has 0 aliphatic carbocycles. The van der Waals surface area contributed by atoms with Crippen LogP contribution >= 0.6 is 11.3 Å². The van der Waals surface area contributed by atoms with Gasteiger partial charge >= 0.3 is 5.97 Å². The van der Waals surface area contributed by atoms with Crippen molar-refractivity contribution in [3.63, 3.8) is 0 Å². The lowest BCUT2D eigenvalue weighted by Gasteiger charge is -1.93. The van der Waals surface area contributed by atoms with Crippen LogP contribution in [-0.4, -0.2) is 16.1 Å². The molecule has 3 nitrogen and oxygen atoms in total. The van der Waals surface area contributed by atoms with Crippen molar-refractivity contribution in [2.75, 3.05) is 0 Å². The maximum absolute atomic E-state index is 10.7. The van der Waals surface area contributed by atoms with E-state index < -0.39 is 5.97 Å². The Morgan fingerprint density at radius 2 is 2.33 bits per heavy atom. The number of aromatic carboxylic acids is 1. The second-order valence-electron chi connectivity index (χ2n) is 2.30. The summed E-state index contributed by atoms with van der Waals surface area (Å²) in [7, 11) is 0. The van der Waals surface area contributed by atoms with Crippen LogP contribution in [0.25, 0.3) is 10.2 Å². The maximum atomic E-state index is 10.7. The van der Waals surface area contributed by atoms with E-state index in [2.05, 4.69) is 4.98 Å². The minimum absolute atomic E-state index is 0.329. The molecular formula is C8H5NO2S. The number of rotatable bonds is 1. The van der Waals surface area contributed by atoms with Crippen molar-refractivity contribution in [3.8, 4) is 0 Å². The van der Waals surface area contributed by atoms with E-state index in [0.29, 0.717) is 5.56 Å². The van der Waals surface area contributed by atoms with Crippen LogP contribution in [0.5, 0.6) is 0 Å². The summed E-state index contributed by atoms with van der Waals surface area (Å²) in [4.78, 5) is 14.7. The molecule has 0 radical (unpaired) electrons. The average Bonchev–Trinajstić information content (AvgIpc) is 2.49. The van der Waals surface area contributed by atoms with Gasteiger partial charge in [-0.2, -0.15) is 0 Å². The fourth-order valence-electron chi connectivity index (χ4n) is 1.04. The summed E-state index contributed by atoms with van der Waals surface area (Å²) < 4.78 is 0.741. The molecule has 0 fully saturated rings. The number of pyridine rings is 1. The normalized spacial score (nSPS) is 10.3. The zero-order valence-electron chi connectivity index (χ0n) is 6.02. The summed E-state index contributed by atoms with van der Waals surface area (Å²) >= 11 is 1.40. The molecule has 0 spiro atoms. The van der Waals surface area contributed by atoms with Crippen molar-refractivity contribution in [2.24, 2.45) is 0 Å². The predicted molar refractivity (Wildman–Crippen MR) is 46.6 cm³/mol. The number of carboxylic acids is 1. The van der Waals surface area contributed by atoms with Crippen molar-refractivity contribution in [2.45, 2.75) is 0 Å². The van der Waals surface area contributed by atoms with Gasteiger partial charge in [0.2, 0.25) is 0 Å². The van der Waals surface area contributed by atoms with Crippen molar-refractivity contribution in [3.05, 3.63) is 29.3 Å². The second-order valence-corrected chi connectivity index (χ2v) is 3.21. The van der Waals surface area contributed by atoms with E-state index in [9.17, 15) is 4.79 Å². The zero-order valence-corrected chi connectivity index (χ0v) is 6.84. The Labute approximate surface area is 72.3 Å². The van der Waals surface area contributed by atoms with Gasteiger partial charge in [0.25, 0.3) is 0 Å². The van der Waals surface area contributed by atoms with Gasteiger partial charge < -0.3 is 5.11 Å². The first-order valence-corrected chi connectivity index (χ1v) is 4.22. The Morgan fingerprint density at radius 1 is 1.50 bits per heavy atom. The monoisotopic (exact) mass is 179 g/mol. The number of fused-ring (bicyclic) bond motifs is 1. The first kappa shape index (κ1) is 7.24. The Morgan fingerprint density at radius 3 is 3.08 bits per heavy atom. The molecule has 0 unspecified atom stereocenters. The molecule has 2 rings (SSSR count). The average molecular weight is 179 g/mol. The second kappa shape index (κ2) is 2.57. The Balaban J connectivity index is 2.82. The molecule has 0 saturated heterocycles. The lowest BCUT2D eigenvalue weighted by atomic mass is 10.2. The number of nitrogens with zero attached hydrogens (tertiary/aromatic N) is 1. The van der Waals surface area contributed by atoms with Gasteiger partial charge in [0.15, 0.2) is 0 Å². The van der Waals surface area contributed by atoms with Crippen molar-refractivity contribution in [1.82, 2.24) is 4.98 Å². The standard InChI is InChI=1S/C8H5NO2S/c10-8(11)5-1-3-9-6-2-4-12-7(5)6/h1-4H,(H,10,11). The summed E-state index contributed by atoms with van der Waals surface area (Å²) in [5, 5.41) is 10.6. The summed E-state index contributed by atoms with van der Waals surface area (Å²) in [5.41, 5.74) is 1.08. The van der Waals surface area contributed by atoms with E-state index >= 15 is 0 Å². The van der Waals surface area contributed by atoms with E-state index in [1.54, 1.807) is 0 Å². The first-order valence-electron chi connectivity index (χ1n) is 3.34. The van der Waals surface area contributed by atoms with Gasteiger partial charge in [-0.05, 0) is 17.5 Å². The SMILES string of the molecule is O=C(O)c1ccnc2ccsc12. The highest BCUT2D eigenvalue weighted by molar-refractivity contribution is 7.17. The van der Waals surface area contributed by atoms with Gasteiger partial charge in [-0.25, -0.2) is 4.79 Å². The molecule has 0 aromatic carbocycles. The van der Waals surface area contributed by atoms with Gasteiger partial charge in [0.05, 0.1) is 15.8 Å². The molecule has 0 saturated carbocycles. The minimum Gasteiger partial charge on any atom is -0.478 e. The van der Waals surface area contributed by atoms with Crippen LogP contribution in [0, 0.1) is 0 Å². The molecule has 0 aliphatic rings. The first-order chi connectivity index (χ1) is 5.79. The lowest BCUT2D eigenvalue weighted by molar-refractivity contribution is 0.0699. The third-order valence-corrected chi connectivity index (χ3v) is 2.51. The van der Waals surface area contributed by atoms with Crippen molar-refractivity contribution >= 4 is 27.5 Å². The van der Waals surface area contributed by atoms with Gasteiger partial charge in [-0.3, -0.25) is 4.98 Å².